The van der Waals surface area contributed by atoms with Gasteiger partial charge >= 0.3 is 0 Å². The number of aryl methyl sites for hydroxylation is 4. The van der Waals surface area contributed by atoms with Crippen LogP contribution in [-0.2, 0) is 37.2 Å². The molecule has 3 rings (SSSR count). The van der Waals surface area contributed by atoms with Crippen LogP contribution in [0.3, 0.4) is 0 Å². The molecule has 0 saturated carbocycles. The zero-order chi connectivity index (χ0) is 18.9. The van der Waals surface area contributed by atoms with E-state index >= 15 is 0 Å². The van der Waals surface area contributed by atoms with Crippen LogP contribution < -0.4 is 0 Å². The second kappa shape index (κ2) is 7.05. The minimum Gasteiger partial charge on any atom is -0.275 e. The van der Waals surface area contributed by atoms with E-state index in [1.807, 2.05) is 46.4 Å². The Balaban J connectivity index is 1.98. The lowest BCUT2D eigenvalue weighted by Gasteiger charge is -2.21. The fourth-order valence-electron chi connectivity index (χ4n) is 2.76. The average Bonchev–Trinajstić information content (AvgIpc) is 3.17. The maximum Gasteiger partial charge on any atom is 0.243 e. The van der Waals surface area contributed by atoms with E-state index in [0.29, 0.717) is 4.90 Å². The number of aromatic nitrogens is 4. The Bertz CT molecular complexity index is 978. The van der Waals surface area contributed by atoms with Crippen LogP contribution in [0.2, 0.25) is 0 Å². The second-order valence-corrected chi connectivity index (χ2v) is 8.50. The highest BCUT2D eigenvalue weighted by Gasteiger charge is 2.26. The van der Waals surface area contributed by atoms with Crippen LogP contribution in [0.15, 0.2) is 47.9 Å². The van der Waals surface area contributed by atoms with E-state index < -0.39 is 10.0 Å². The van der Waals surface area contributed by atoms with Gasteiger partial charge in [-0.2, -0.15) is 14.5 Å². The van der Waals surface area contributed by atoms with E-state index in [-0.39, 0.29) is 13.1 Å². The molecule has 0 bridgehead atoms. The van der Waals surface area contributed by atoms with Crippen LogP contribution in [0, 0.1) is 13.8 Å². The van der Waals surface area contributed by atoms with Crippen molar-refractivity contribution in [3.8, 4) is 0 Å². The molecule has 138 valence electrons. The van der Waals surface area contributed by atoms with Crippen molar-refractivity contribution in [1.29, 1.82) is 0 Å². The van der Waals surface area contributed by atoms with Gasteiger partial charge in [-0.3, -0.25) is 9.36 Å². The highest BCUT2D eigenvalue weighted by atomic mass is 32.2. The van der Waals surface area contributed by atoms with Gasteiger partial charge in [-0.1, -0.05) is 6.07 Å². The molecular formula is C18H23N5O2S. The average molecular weight is 373 g/mol. The molecule has 0 fully saturated rings. The van der Waals surface area contributed by atoms with Crippen molar-refractivity contribution in [1.82, 2.24) is 23.9 Å². The highest BCUT2D eigenvalue weighted by Crippen LogP contribution is 2.23. The molecule has 0 aliphatic heterocycles. The van der Waals surface area contributed by atoms with Crippen LogP contribution >= 0.6 is 0 Å². The molecule has 0 radical (unpaired) electrons. The summed E-state index contributed by atoms with van der Waals surface area (Å²) in [5.74, 6) is 0. The van der Waals surface area contributed by atoms with E-state index in [1.54, 1.807) is 33.9 Å². The molecule has 7 nitrogen and oxygen atoms in total. The van der Waals surface area contributed by atoms with Gasteiger partial charge in [0, 0.05) is 50.7 Å². The summed E-state index contributed by atoms with van der Waals surface area (Å²) in [4.78, 5) is 0.299. The zero-order valence-electron chi connectivity index (χ0n) is 15.4. The topological polar surface area (TPSA) is 73.0 Å². The Hall–Kier alpha value is -2.45. The molecule has 0 spiro atoms. The van der Waals surface area contributed by atoms with Crippen molar-refractivity contribution in [2.75, 3.05) is 0 Å². The van der Waals surface area contributed by atoms with Crippen molar-refractivity contribution in [3.05, 3.63) is 65.2 Å². The molecule has 3 aromatic rings. The summed E-state index contributed by atoms with van der Waals surface area (Å²) >= 11 is 0. The van der Waals surface area contributed by atoms with Crippen LogP contribution in [0.25, 0.3) is 0 Å². The van der Waals surface area contributed by atoms with Gasteiger partial charge in [0.1, 0.15) is 0 Å². The lowest BCUT2D eigenvalue weighted by molar-refractivity contribution is 0.401. The molecule has 8 heteroatoms. The summed E-state index contributed by atoms with van der Waals surface area (Å²) in [5, 5.41) is 8.28. The predicted molar refractivity (Wildman–Crippen MR) is 98.8 cm³/mol. The quantitative estimate of drug-likeness (QED) is 0.664. The fraction of sp³-hybridized carbons (Fsp3) is 0.333. The van der Waals surface area contributed by atoms with Crippen LogP contribution in [-0.4, -0.2) is 32.3 Å². The van der Waals surface area contributed by atoms with Gasteiger partial charge in [-0.15, -0.1) is 0 Å². The molecule has 0 aliphatic rings. The maximum atomic E-state index is 13.3. The van der Waals surface area contributed by atoms with Gasteiger partial charge in [0.2, 0.25) is 10.0 Å². The molecule has 0 aliphatic carbocycles. The normalized spacial score (nSPS) is 12.0. The third-order valence-corrected chi connectivity index (χ3v) is 6.14. The first-order chi connectivity index (χ1) is 12.3. The summed E-state index contributed by atoms with van der Waals surface area (Å²) in [5.41, 5.74) is 3.69. The van der Waals surface area contributed by atoms with E-state index in [1.165, 1.54) is 4.31 Å². The van der Waals surface area contributed by atoms with Gasteiger partial charge < -0.3 is 0 Å². The van der Waals surface area contributed by atoms with Crippen molar-refractivity contribution >= 4 is 10.0 Å². The Morgan fingerprint density at radius 3 is 1.88 bits per heavy atom. The first-order valence-corrected chi connectivity index (χ1v) is 9.72. The van der Waals surface area contributed by atoms with Gasteiger partial charge in [0.05, 0.1) is 17.3 Å². The SMILES string of the molecule is Cc1ccc(S(=O)(=O)N(Cc2cnn(C)c2)Cc2cnn(C)c2)cc1C. The number of sulfonamides is 1. The minimum atomic E-state index is -3.66. The molecule has 0 unspecified atom stereocenters. The maximum absolute atomic E-state index is 13.3. The Labute approximate surface area is 153 Å². The Morgan fingerprint density at radius 1 is 0.923 bits per heavy atom. The van der Waals surface area contributed by atoms with Crippen molar-refractivity contribution < 1.29 is 8.42 Å². The van der Waals surface area contributed by atoms with Crippen LogP contribution in [0.5, 0.6) is 0 Å². The largest absolute Gasteiger partial charge is 0.275 e. The van der Waals surface area contributed by atoms with Crippen LogP contribution in [0.1, 0.15) is 22.3 Å². The summed E-state index contributed by atoms with van der Waals surface area (Å²) in [7, 11) is -0.0344. The van der Waals surface area contributed by atoms with Gasteiger partial charge in [-0.25, -0.2) is 8.42 Å². The third kappa shape index (κ3) is 3.86. The zero-order valence-corrected chi connectivity index (χ0v) is 16.2. The molecule has 26 heavy (non-hydrogen) atoms. The minimum absolute atomic E-state index is 0.248. The van der Waals surface area contributed by atoms with Crippen molar-refractivity contribution in [3.63, 3.8) is 0 Å². The highest BCUT2D eigenvalue weighted by molar-refractivity contribution is 7.89. The molecular weight excluding hydrogens is 350 g/mol. The van der Waals surface area contributed by atoms with E-state index in [9.17, 15) is 8.42 Å². The Morgan fingerprint density at radius 2 is 1.46 bits per heavy atom. The number of hydrogen-bond acceptors (Lipinski definition) is 4. The van der Waals surface area contributed by atoms with Crippen molar-refractivity contribution in [2.24, 2.45) is 14.1 Å². The summed E-state index contributed by atoms with van der Waals surface area (Å²) in [6, 6.07) is 5.23. The third-order valence-electron chi connectivity index (χ3n) is 4.35. The number of hydrogen-bond donors (Lipinski definition) is 0. The second-order valence-electron chi connectivity index (χ2n) is 6.56. The predicted octanol–water partition coefficient (Wildman–Crippen LogP) is 2.16. The van der Waals surface area contributed by atoms with E-state index in [2.05, 4.69) is 10.2 Å². The first kappa shape index (κ1) is 18.3. The smallest absolute Gasteiger partial charge is 0.243 e. The molecule has 0 atom stereocenters. The fourth-order valence-corrected chi connectivity index (χ4v) is 4.27. The molecule has 0 amide bonds. The van der Waals surface area contributed by atoms with E-state index in [4.69, 9.17) is 0 Å². The molecule has 2 aromatic heterocycles. The lowest BCUT2D eigenvalue weighted by Crippen LogP contribution is -2.30. The van der Waals surface area contributed by atoms with Gasteiger partial charge in [0.15, 0.2) is 0 Å². The van der Waals surface area contributed by atoms with Gasteiger partial charge in [0.25, 0.3) is 0 Å². The molecule has 0 saturated heterocycles. The number of nitrogens with zero attached hydrogens (tertiary/aromatic N) is 5. The summed E-state index contributed by atoms with van der Waals surface area (Å²) in [6.45, 7) is 4.38. The van der Waals surface area contributed by atoms with Crippen LogP contribution in [0.4, 0.5) is 0 Å². The number of rotatable bonds is 6. The monoisotopic (exact) mass is 373 g/mol. The standard InChI is InChI=1S/C18H23N5O2S/c1-14-5-6-18(7-15(14)2)26(24,25)23(12-16-8-19-21(3)10-16)13-17-9-20-22(4)11-17/h5-11H,12-13H2,1-4H3. The molecule has 2 heterocycles. The first-order valence-electron chi connectivity index (χ1n) is 8.28. The van der Waals surface area contributed by atoms with Crippen molar-refractivity contribution in [2.45, 2.75) is 31.8 Å². The van der Waals surface area contributed by atoms with E-state index in [0.717, 1.165) is 22.3 Å². The van der Waals surface area contributed by atoms with Gasteiger partial charge in [-0.05, 0) is 37.1 Å². The summed E-state index contributed by atoms with van der Waals surface area (Å²) < 4.78 is 31.4. The number of benzene rings is 1. The lowest BCUT2D eigenvalue weighted by atomic mass is 10.1. The Kier molecular flexibility index (Phi) is 4.97. The molecule has 0 N–H and O–H groups in total. The molecule has 1 aromatic carbocycles. The summed E-state index contributed by atoms with van der Waals surface area (Å²) in [6.07, 6.45) is 7.02.